The standard InChI is InChI=1S/C14H24N2O3/c1-2-19-12(17)4-3-7-16-13(18)11-10-14(11)5-8-15-9-6-14/h11,15H,2-10H2,1H3,(H,16,18). The van der Waals surface area contributed by atoms with Crippen molar-refractivity contribution in [2.24, 2.45) is 11.3 Å². The Labute approximate surface area is 114 Å². The second-order valence-corrected chi connectivity index (χ2v) is 5.57. The van der Waals surface area contributed by atoms with Gasteiger partial charge in [0.2, 0.25) is 5.91 Å². The molecular weight excluding hydrogens is 244 g/mol. The van der Waals surface area contributed by atoms with Gasteiger partial charge < -0.3 is 15.4 Å². The number of rotatable bonds is 6. The number of hydrogen-bond donors (Lipinski definition) is 2. The average molecular weight is 268 g/mol. The number of amides is 1. The van der Waals surface area contributed by atoms with E-state index in [1.807, 2.05) is 0 Å². The van der Waals surface area contributed by atoms with Gasteiger partial charge in [0.1, 0.15) is 0 Å². The topological polar surface area (TPSA) is 67.4 Å². The first-order valence-electron chi connectivity index (χ1n) is 7.32. The van der Waals surface area contributed by atoms with Crippen LogP contribution in [0, 0.1) is 11.3 Å². The van der Waals surface area contributed by atoms with E-state index in [1.54, 1.807) is 6.92 Å². The lowest BCUT2D eigenvalue weighted by molar-refractivity contribution is -0.143. The van der Waals surface area contributed by atoms with E-state index in [4.69, 9.17) is 4.74 Å². The first-order valence-corrected chi connectivity index (χ1v) is 7.32. The maximum absolute atomic E-state index is 12.0. The van der Waals surface area contributed by atoms with E-state index >= 15 is 0 Å². The van der Waals surface area contributed by atoms with Gasteiger partial charge in [0.05, 0.1) is 6.61 Å². The third-order valence-corrected chi connectivity index (χ3v) is 4.27. The van der Waals surface area contributed by atoms with Crippen molar-refractivity contribution in [3.63, 3.8) is 0 Å². The second kappa shape index (κ2) is 6.37. The van der Waals surface area contributed by atoms with Crippen molar-refractivity contribution in [2.45, 2.75) is 39.0 Å². The molecule has 0 bridgehead atoms. The van der Waals surface area contributed by atoms with Gasteiger partial charge in [-0.15, -0.1) is 0 Å². The Morgan fingerprint density at radius 1 is 1.37 bits per heavy atom. The summed E-state index contributed by atoms with van der Waals surface area (Å²) in [5, 5.41) is 6.28. The minimum absolute atomic E-state index is 0.172. The van der Waals surface area contributed by atoms with Crippen LogP contribution in [0.5, 0.6) is 0 Å². The Hall–Kier alpha value is -1.10. The highest BCUT2D eigenvalue weighted by molar-refractivity contribution is 5.82. The summed E-state index contributed by atoms with van der Waals surface area (Å²) in [7, 11) is 0. The molecule has 2 rings (SSSR count). The molecule has 2 aliphatic rings. The smallest absolute Gasteiger partial charge is 0.305 e. The molecule has 0 aromatic heterocycles. The van der Waals surface area contributed by atoms with E-state index in [2.05, 4.69) is 10.6 Å². The Morgan fingerprint density at radius 3 is 2.79 bits per heavy atom. The Morgan fingerprint density at radius 2 is 2.11 bits per heavy atom. The molecule has 0 aromatic rings. The van der Waals surface area contributed by atoms with Crippen molar-refractivity contribution in [3.8, 4) is 0 Å². The molecule has 1 heterocycles. The van der Waals surface area contributed by atoms with Crippen LogP contribution in [0.2, 0.25) is 0 Å². The summed E-state index contributed by atoms with van der Waals surface area (Å²) in [6.07, 6.45) is 4.32. The van der Waals surface area contributed by atoms with Crippen LogP contribution in [0.4, 0.5) is 0 Å². The van der Waals surface area contributed by atoms with Gasteiger partial charge >= 0.3 is 5.97 Å². The molecule has 2 N–H and O–H groups in total. The van der Waals surface area contributed by atoms with Crippen LogP contribution in [-0.2, 0) is 14.3 Å². The van der Waals surface area contributed by atoms with Gasteiger partial charge in [-0.1, -0.05) is 0 Å². The highest BCUT2D eigenvalue weighted by Gasteiger charge is 2.57. The number of carbonyl (C=O) groups is 2. The Kier molecular flexibility index (Phi) is 4.80. The summed E-state index contributed by atoms with van der Waals surface area (Å²) >= 11 is 0. The zero-order valence-corrected chi connectivity index (χ0v) is 11.7. The molecule has 108 valence electrons. The van der Waals surface area contributed by atoms with Crippen molar-refractivity contribution in [1.29, 1.82) is 0 Å². The van der Waals surface area contributed by atoms with Crippen LogP contribution < -0.4 is 10.6 Å². The van der Waals surface area contributed by atoms with Gasteiger partial charge in [-0.2, -0.15) is 0 Å². The molecule has 1 unspecified atom stereocenters. The lowest BCUT2D eigenvalue weighted by Gasteiger charge is -2.23. The summed E-state index contributed by atoms with van der Waals surface area (Å²) in [4.78, 5) is 23.1. The minimum Gasteiger partial charge on any atom is -0.466 e. The second-order valence-electron chi connectivity index (χ2n) is 5.57. The van der Waals surface area contributed by atoms with Crippen molar-refractivity contribution >= 4 is 11.9 Å². The molecule has 5 nitrogen and oxygen atoms in total. The first-order chi connectivity index (χ1) is 9.18. The predicted molar refractivity (Wildman–Crippen MR) is 71.5 cm³/mol. The molecule has 1 aliphatic heterocycles. The summed E-state index contributed by atoms with van der Waals surface area (Å²) in [5.41, 5.74) is 0.288. The number of carbonyl (C=O) groups excluding carboxylic acids is 2. The van der Waals surface area contributed by atoms with Gasteiger partial charge in [-0.25, -0.2) is 0 Å². The van der Waals surface area contributed by atoms with Crippen LogP contribution in [0.3, 0.4) is 0 Å². The molecule has 1 saturated heterocycles. The van der Waals surface area contributed by atoms with Gasteiger partial charge in [-0.05, 0) is 51.1 Å². The lowest BCUT2D eigenvalue weighted by atomic mass is 9.92. The molecule has 1 atom stereocenters. The van der Waals surface area contributed by atoms with E-state index in [1.165, 1.54) is 0 Å². The minimum atomic E-state index is -0.182. The highest BCUT2D eigenvalue weighted by Crippen LogP contribution is 2.58. The van der Waals surface area contributed by atoms with E-state index in [0.717, 1.165) is 32.4 Å². The number of nitrogens with one attached hydrogen (secondary N) is 2. The number of ether oxygens (including phenoxy) is 1. The Bertz CT molecular complexity index is 338. The highest BCUT2D eigenvalue weighted by atomic mass is 16.5. The summed E-state index contributed by atoms with van der Waals surface area (Å²) in [5.74, 6) is 0.195. The van der Waals surface area contributed by atoms with Crippen LogP contribution in [-0.4, -0.2) is 38.1 Å². The largest absolute Gasteiger partial charge is 0.466 e. The van der Waals surface area contributed by atoms with E-state index in [-0.39, 0.29) is 23.2 Å². The summed E-state index contributed by atoms with van der Waals surface area (Å²) < 4.78 is 4.84. The molecule has 19 heavy (non-hydrogen) atoms. The van der Waals surface area contributed by atoms with Gasteiger partial charge in [0, 0.05) is 18.9 Å². The van der Waals surface area contributed by atoms with Gasteiger partial charge in [0.25, 0.3) is 0 Å². The van der Waals surface area contributed by atoms with Crippen molar-refractivity contribution < 1.29 is 14.3 Å². The van der Waals surface area contributed by atoms with Crippen LogP contribution in [0.15, 0.2) is 0 Å². The van der Waals surface area contributed by atoms with Crippen molar-refractivity contribution in [3.05, 3.63) is 0 Å². The van der Waals surface area contributed by atoms with E-state index < -0.39 is 0 Å². The number of hydrogen-bond acceptors (Lipinski definition) is 4. The third kappa shape index (κ3) is 3.69. The molecule has 0 aromatic carbocycles. The van der Waals surface area contributed by atoms with Gasteiger partial charge in [-0.3, -0.25) is 9.59 Å². The van der Waals surface area contributed by atoms with Crippen LogP contribution in [0.25, 0.3) is 0 Å². The summed E-state index contributed by atoms with van der Waals surface area (Å²) in [6, 6.07) is 0. The van der Waals surface area contributed by atoms with Gasteiger partial charge in [0.15, 0.2) is 0 Å². The third-order valence-electron chi connectivity index (χ3n) is 4.27. The molecule has 0 radical (unpaired) electrons. The first kappa shape index (κ1) is 14.3. The van der Waals surface area contributed by atoms with Crippen LogP contribution in [0.1, 0.15) is 39.0 Å². The zero-order valence-electron chi connectivity index (χ0n) is 11.7. The van der Waals surface area contributed by atoms with Crippen LogP contribution >= 0.6 is 0 Å². The molecule has 2 fully saturated rings. The predicted octanol–water partition coefficient (Wildman–Crippen LogP) is 0.836. The molecule has 1 saturated carbocycles. The fourth-order valence-corrected chi connectivity index (χ4v) is 3.00. The number of piperidine rings is 1. The molecule has 1 aliphatic carbocycles. The maximum atomic E-state index is 12.0. The van der Waals surface area contributed by atoms with Crippen molar-refractivity contribution in [2.75, 3.05) is 26.2 Å². The fourth-order valence-electron chi connectivity index (χ4n) is 3.00. The molecule has 1 amide bonds. The van der Waals surface area contributed by atoms with E-state index in [0.29, 0.717) is 26.0 Å². The molecular formula is C14H24N2O3. The monoisotopic (exact) mass is 268 g/mol. The summed E-state index contributed by atoms with van der Waals surface area (Å²) in [6.45, 7) is 4.86. The molecule has 1 spiro atoms. The zero-order chi connectivity index (χ0) is 13.7. The van der Waals surface area contributed by atoms with Crippen molar-refractivity contribution in [1.82, 2.24) is 10.6 Å². The van der Waals surface area contributed by atoms with E-state index in [9.17, 15) is 9.59 Å². The fraction of sp³-hybridized carbons (Fsp3) is 0.857. The average Bonchev–Trinajstić information content (AvgIpc) is 3.09. The number of esters is 1. The normalized spacial score (nSPS) is 23.9. The molecule has 5 heteroatoms. The Balaban J connectivity index is 1.59. The quantitative estimate of drug-likeness (QED) is 0.553. The lowest BCUT2D eigenvalue weighted by Crippen LogP contribution is -2.34. The SMILES string of the molecule is CCOC(=O)CCCNC(=O)C1CC12CCNCC2. The maximum Gasteiger partial charge on any atom is 0.305 e.